The zero-order valence-corrected chi connectivity index (χ0v) is 68.3. The number of halogens is 1. The van der Waals surface area contributed by atoms with Crippen molar-refractivity contribution in [2.45, 2.75) is 250 Å². The molecule has 0 fully saturated rings. The standard InChI is InChI=1S/C28H33N3O3S2.C20H23N.C12H14BrN.C12H25N3O2S2Si.C8H11BO2/c1-16-11-12-18(13-17(16)2)26-21-9-5-7-19(21)23(20-8-6-10-22(20)26)14-25(32)31-36(29,34)27-30-15-24(35-27)28(3,4)33;1-12-9-10-14(11-13(12)2)19-15-5-3-7-17(15)20(21)18-8-4-6-16(18)19;13-11-7-3-1-5-9(7)12(14)10-6-2-4-8(10)11;1-11(2,3)20(6,7)15-19(13,17)10-14-8-9(18-10)12(4,5)16;1-6-3-4-8(9(10)11)5-7(6)2/h11-13,15,33H,5-10,14H2,1-4H3,(H2,29,31,32,34);9-11H,3-8,21H2,1-2H3;1-6,14H2;8,16H,1-7H3,(H2,13,15,17);3-5,10-11H,1-2H3. The Morgan fingerprint density at radius 1 is 0.520 bits per heavy atom. The van der Waals surface area contributed by atoms with Gasteiger partial charge in [0.05, 0.1) is 27.4 Å². The van der Waals surface area contributed by atoms with Gasteiger partial charge in [0.1, 0.15) is 0 Å². The molecule has 102 heavy (non-hydrogen) atoms. The van der Waals surface area contributed by atoms with Crippen molar-refractivity contribution in [1.29, 1.82) is 0 Å². The normalized spacial score (nSPS) is 16.0. The molecule has 14 rings (SSSR count). The van der Waals surface area contributed by atoms with Crippen LogP contribution in [-0.2, 0) is 119 Å². The summed E-state index contributed by atoms with van der Waals surface area (Å²) < 4.78 is 36.0. The van der Waals surface area contributed by atoms with Gasteiger partial charge in [0.2, 0.25) is 8.68 Å². The highest BCUT2D eigenvalue weighted by Crippen LogP contribution is 2.48. The number of fused-ring (bicyclic) bond motifs is 6. The average Bonchev–Trinajstić information content (AvgIpc) is 1.56. The Balaban J connectivity index is 0.000000146. The maximum atomic E-state index is 13.2. The van der Waals surface area contributed by atoms with Crippen molar-refractivity contribution in [3.05, 3.63) is 187 Å². The molecule has 0 spiro atoms. The smallest absolute Gasteiger partial charge is 0.423 e. The van der Waals surface area contributed by atoms with Crippen molar-refractivity contribution < 1.29 is 33.5 Å². The van der Waals surface area contributed by atoms with E-state index in [2.05, 4.69) is 119 Å². The molecule has 12 N–H and O–H groups in total. The summed E-state index contributed by atoms with van der Waals surface area (Å²) in [6.45, 7) is 29.5. The molecule has 0 saturated heterocycles. The van der Waals surface area contributed by atoms with Crippen molar-refractivity contribution >= 4 is 96.5 Å². The third kappa shape index (κ3) is 17.1. The average molecular weight is 1540 g/mol. The van der Waals surface area contributed by atoms with E-state index in [1.807, 2.05) is 33.0 Å². The Kier molecular flexibility index (Phi) is 24.0. The van der Waals surface area contributed by atoms with Gasteiger partial charge in [0.15, 0.2) is 28.1 Å². The topological polar surface area (TPSA) is 287 Å². The first-order valence-electron chi connectivity index (χ1n) is 36.0. The van der Waals surface area contributed by atoms with Gasteiger partial charge in [-0.15, -0.1) is 27.0 Å². The summed E-state index contributed by atoms with van der Waals surface area (Å²) >= 11 is 5.96. The molecular formula is C80H106BBrN8O7S4Si. The number of nitrogen functional groups attached to an aromatic ring is 2. The number of anilines is 2. The highest BCUT2D eigenvalue weighted by molar-refractivity contribution is 9.10. The van der Waals surface area contributed by atoms with Gasteiger partial charge in [-0.2, -0.15) is 0 Å². The van der Waals surface area contributed by atoms with E-state index in [-0.39, 0.29) is 15.8 Å². The lowest BCUT2D eigenvalue weighted by Crippen LogP contribution is -2.37. The number of benzene rings is 6. The zero-order valence-electron chi connectivity index (χ0n) is 62.5. The van der Waals surface area contributed by atoms with Gasteiger partial charge in [-0.3, -0.25) is 8.82 Å². The van der Waals surface area contributed by atoms with E-state index in [1.54, 1.807) is 51.0 Å². The predicted molar refractivity (Wildman–Crippen MR) is 430 cm³/mol. The molecular weight excluding hydrogens is 1430 g/mol. The first kappa shape index (κ1) is 78.9. The number of nitrogens with two attached hydrogens (primary N) is 4. The summed E-state index contributed by atoms with van der Waals surface area (Å²) in [7, 11) is -9.98. The Bertz CT molecular complexity index is 4690. The summed E-state index contributed by atoms with van der Waals surface area (Å²) in [5, 5.41) is 49.6. The number of carbonyl (C=O) groups is 1. The van der Waals surface area contributed by atoms with E-state index in [1.165, 1.54) is 194 Å². The number of amides is 1. The van der Waals surface area contributed by atoms with Crippen LogP contribution in [0.5, 0.6) is 0 Å². The third-order valence-corrected chi connectivity index (χ3v) is 35.3. The van der Waals surface area contributed by atoms with Crippen LogP contribution in [0.3, 0.4) is 0 Å². The molecule has 1 amide bonds. The van der Waals surface area contributed by atoms with Gasteiger partial charge in [0, 0.05) is 28.2 Å². The summed E-state index contributed by atoms with van der Waals surface area (Å²) in [5.74, 6) is -0.482. The Labute approximate surface area is 624 Å². The third-order valence-electron chi connectivity index (χ3n) is 21.9. The second kappa shape index (κ2) is 31.0. The van der Waals surface area contributed by atoms with Crippen LogP contribution < -0.4 is 27.2 Å². The number of aryl methyl sites for hydroxylation is 6. The van der Waals surface area contributed by atoms with Crippen LogP contribution in [0.15, 0.2) is 88.5 Å². The van der Waals surface area contributed by atoms with Crippen LogP contribution in [0.25, 0.3) is 22.3 Å². The Morgan fingerprint density at radius 2 is 0.853 bits per heavy atom. The Hall–Kier alpha value is -5.73. The number of aliphatic hydroxyl groups is 2. The monoisotopic (exact) mass is 1540 g/mol. The number of hydrogen-bond acceptors (Lipinski definition) is 14. The molecule has 546 valence electrons. The molecule has 2 atom stereocenters. The van der Waals surface area contributed by atoms with Crippen LogP contribution in [-0.4, -0.2) is 59.9 Å². The minimum Gasteiger partial charge on any atom is -0.423 e. The minimum atomic E-state index is -3.49. The molecule has 6 aliphatic rings. The van der Waals surface area contributed by atoms with Crippen molar-refractivity contribution in [2.75, 3.05) is 11.5 Å². The minimum absolute atomic E-state index is 0.0363. The highest BCUT2D eigenvalue weighted by Gasteiger charge is 2.39. The van der Waals surface area contributed by atoms with Gasteiger partial charge < -0.3 is 31.7 Å². The lowest BCUT2D eigenvalue weighted by Gasteiger charge is -2.32. The largest absolute Gasteiger partial charge is 0.488 e. The van der Waals surface area contributed by atoms with Gasteiger partial charge in [-0.25, -0.2) is 28.7 Å². The molecule has 2 aromatic heterocycles. The fraction of sp³-hybridized carbons (Fsp3) is 0.463. The number of aromatic nitrogens is 2. The number of hydrogen-bond donors (Lipinski definition) is 8. The summed E-state index contributed by atoms with van der Waals surface area (Å²) in [6.07, 6.45) is 23.8. The molecule has 8 aromatic rings. The van der Waals surface area contributed by atoms with Crippen molar-refractivity contribution in [3.8, 4) is 22.3 Å². The fourth-order valence-electron chi connectivity index (χ4n) is 14.9. The highest BCUT2D eigenvalue weighted by atomic mass is 79.9. The quantitative estimate of drug-likeness (QED) is 0.0470. The molecule has 0 radical (unpaired) electrons. The maximum Gasteiger partial charge on any atom is 0.488 e. The lowest BCUT2D eigenvalue weighted by molar-refractivity contribution is -0.117. The zero-order chi connectivity index (χ0) is 74.5. The second-order valence-electron chi connectivity index (χ2n) is 31.3. The van der Waals surface area contributed by atoms with E-state index in [0.29, 0.717) is 19.6 Å². The molecule has 6 aromatic carbocycles. The van der Waals surface area contributed by atoms with Crippen molar-refractivity contribution in [3.63, 3.8) is 0 Å². The molecule has 2 heterocycles. The Morgan fingerprint density at radius 3 is 1.21 bits per heavy atom. The van der Waals surface area contributed by atoms with E-state index in [9.17, 15) is 23.4 Å². The van der Waals surface area contributed by atoms with E-state index >= 15 is 0 Å². The summed E-state index contributed by atoms with van der Waals surface area (Å²) in [5.41, 5.74) is 44.8. The second-order valence-corrected chi connectivity index (χ2v) is 43.3. The molecule has 0 bridgehead atoms. The van der Waals surface area contributed by atoms with Crippen molar-refractivity contribution in [1.82, 2.24) is 9.97 Å². The SMILES string of the molecule is CC(C)(O)c1cnc(S(N)(=O)=N[Si](C)(C)C(C)(C)C)s1.Cc1ccc(-c2c3c(c(CC(=O)N=S(N)(=O)c4ncc(C(C)(C)O)s4)c4c2CCC4)CCC3)cc1C.Cc1ccc(-c2c3c(c(N)c4c2CCC4)CCC3)cc1C.Cc1ccc(B(O)O)cc1C.Nc1c2c(c(Br)c3c1CCC3)CCC2. The lowest BCUT2D eigenvalue weighted by atomic mass is 9.79. The van der Waals surface area contributed by atoms with Gasteiger partial charge in [-0.05, 0) is 336 Å². The van der Waals surface area contributed by atoms with Crippen LogP contribution in [0.2, 0.25) is 18.1 Å². The first-order chi connectivity index (χ1) is 47.7. The molecule has 22 heteroatoms. The van der Waals surface area contributed by atoms with Crippen molar-refractivity contribution in [2.24, 2.45) is 18.7 Å². The summed E-state index contributed by atoms with van der Waals surface area (Å²) in [6, 6.07) is 19.0. The van der Waals surface area contributed by atoms with Gasteiger partial charge >= 0.3 is 7.12 Å². The van der Waals surface area contributed by atoms with Gasteiger partial charge in [-0.1, -0.05) is 91.3 Å². The predicted octanol–water partition coefficient (Wildman–Crippen LogP) is 15.7. The van der Waals surface area contributed by atoms with E-state index in [4.69, 9.17) is 31.8 Å². The van der Waals surface area contributed by atoms with Crippen LogP contribution in [0.1, 0.15) is 202 Å². The number of carbonyl (C=O) groups excluding carboxylic acids is 1. The van der Waals surface area contributed by atoms with Crippen LogP contribution in [0.4, 0.5) is 11.4 Å². The van der Waals surface area contributed by atoms with E-state index in [0.717, 1.165) is 89.3 Å². The van der Waals surface area contributed by atoms with Crippen LogP contribution in [0, 0.1) is 41.5 Å². The molecule has 2 unspecified atom stereocenters. The molecule has 6 aliphatic carbocycles. The maximum absolute atomic E-state index is 13.2. The van der Waals surface area contributed by atoms with Crippen LogP contribution >= 0.6 is 38.6 Å². The molecule has 0 aliphatic heterocycles. The number of thiazole rings is 2. The van der Waals surface area contributed by atoms with E-state index < -0.39 is 52.3 Å². The number of nitrogens with zero attached hydrogens (tertiary/aromatic N) is 4. The molecule has 0 saturated carbocycles. The first-order valence-corrected chi connectivity index (χ1v) is 44.5. The van der Waals surface area contributed by atoms with Gasteiger partial charge in [0.25, 0.3) is 5.91 Å². The summed E-state index contributed by atoms with van der Waals surface area (Å²) in [4.78, 5) is 22.5. The fourth-order valence-corrected chi connectivity index (χ4v) is 24.0. The number of rotatable bonds is 10. The molecule has 15 nitrogen and oxygen atoms in total.